The van der Waals surface area contributed by atoms with Crippen LogP contribution in [0.3, 0.4) is 0 Å². The molecule has 8 nitrogen and oxygen atoms in total. The molecule has 0 spiro atoms. The topological polar surface area (TPSA) is 101 Å². The van der Waals surface area contributed by atoms with Gasteiger partial charge in [0.1, 0.15) is 5.82 Å². The third kappa shape index (κ3) is 5.45. The lowest BCUT2D eigenvalue weighted by molar-refractivity contribution is -0.116. The molecule has 1 aliphatic rings. The van der Waals surface area contributed by atoms with Crippen molar-refractivity contribution in [1.29, 1.82) is 0 Å². The Labute approximate surface area is 191 Å². The first-order valence-corrected chi connectivity index (χ1v) is 11.1. The second kappa shape index (κ2) is 10.3. The molecule has 0 saturated heterocycles. The van der Waals surface area contributed by atoms with Gasteiger partial charge in [0.2, 0.25) is 5.91 Å². The van der Waals surface area contributed by atoms with Crippen molar-refractivity contribution in [2.75, 3.05) is 17.2 Å². The van der Waals surface area contributed by atoms with Crippen LogP contribution in [0.5, 0.6) is 0 Å². The van der Waals surface area contributed by atoms with Crippen molar-refractivity contribution in [2.24, 2.45) is 0 Å². The van der Waals surface area contributed by atoms with E-state index in [-0.39, 0.29) is 24.9 Å². The molecule has 0 unspecified atom stereocenters. The molecule has 3 N–H and O–H groups in total. The summed E-state index contributed by atoms with van der Waals surface area (Å²) in [6, 6.07) is 14.1. The van der Waals surface area contributed by atoms with E-state index >= 15 is 0 Å². The predicted molar refractivity (Wildman–Crippen MR) is 125 cm³/mol. The molecule has 32 heavy (non-hydrogen) atoms. The zero-order valence-corrected chi connectivity index (χ0v) is 18.4. The zero-order chi connectivity index (χ0) is 22.3. The molecule has 3 aromatic rings. The van der Waals surface area contributed by atoms with E-state index in [0.29, 0.717) is 16.4 Å². The summed E-state index contributed by atoms with van der Waals surface area (Å²) in [7, 11) is 0. The van der Waals surface area contributed by atoms with Gasteiger partial charge in [-0.2, -0.15) is 0 Å². The van der Waals surface area contributed by atoms with E-state index in [1.54, 1.807) is 24.3 Å². The second-order valence-electron chi connectivity index (χ2n) is 7.64. The van der Waals surface area contributed by atoms with Crippen LogP contribution in [0.2, 0.25) is 5.02 Å². The Bertz CT molecular complexity index is 1100. The Balaban J connectivity index is 1.34. The van der Waals surface area contributed by atoms with Crippen molar-refractivity contribution in [3.05, 3.63) is 59.4 Å². The number of aryl methyl sites for hydroxylation is 1. The summed E-state index contributed by atoms with van der Waals surface area (Å²) >= 11 is 6.44. The van der Waals surface area contributed by atoms with Crippen LogP contribution < -0.4 is 16.0 Å². The highest BCUT2D eigenvalue weighted by Crippen LogP contribution is 2.31. The van der Waals surface area contributed by atoms with Crippen molar-refractivity contribution >= 4 is 34.9 Å². The molecule has 2 heterocycles. The maximum absolute atomic E-state index is 12.4. The van der Waals surface area contributed by atoms with Crippen LogP contribution in [0.4, 0.5) is 16.2 Å². The van der Waals surface area contributed by atoms with Crippen LogP contribution in [0, 0.1) is 0 Å². The van der Waals surface area contributed by atoms with Gasteiger partial charge in [-0.05, 0) is 43.2 Å². The molecule has 0 aliphatic carbocycles. The molecule has 0 saturated carbocycles. The third-order valence-corrected chi connectivity index (χ3v) is 5.60. The molecule has 2 aromatic carbocycles. The number of aromatic nitrogens is 3. The molecular weight excluding hydrogens is 428 g/mol. The maximum atomic E-state index is 12.4. The van der Waals surface area contributed by atoms with Gasteiger partial charge in [-0.15, -0.1) is 10.2 Å². The molecule has 4 rings (SSSR count). The number of rotatable bonds is 6. The number of halogens is 1. The fourth-order valence-electron chi connectivity index (χ4n) is 3.67. The lowest BCUT2D eigenvalue weighted by Crippen LogP contribution is -2.31. The summed E-state index contributed by atoms with van der Waals surface area (Å²) in [6.45, 7) is 1.07. The Hall–Kier alpha value is -3.39. The molecule has 1 aliphatic heterocycles. The Morgan fingerprint density at radius 2 is 1.81 bits per heavy atom. The van der Waals surface area contributed by atoms with E-state index in [9.17, 15) is 9.59 Å². The van der Waals surface area contributed by atoms with Gasteiger partial charge >= 0.3 is 6.03 Å². The minimum absolute atomic E-state index is 0.139. The first kappa shape index (κ1) is 21.8. The van der Waals surface area contributed by atoms with Crippen molar-refractivity contribution in [1.82, 2.24) is 20.1 Å². The zero-order valence-electron chi connectivity index (χ0n) is 17.6. The molecule has 9 heteroatoms. The fourth-order valence-corrected chi connectivity index (χ4v) is 3.87. The number of hydrogen-bond donors (Lipinski definition) is 3. The van der Waals surface area contributed by atoms with E-state index < -0.39 is 0 Å². The lowest BCUT2D eigenvalue weighted by atomic mass is 10.1. The number of benzene rings is 2. The monoisotopic (exact) mass is 452 g/mol. The van der Waals surface area contributed by atoms with Crippen molar-refractivity contribution in [2.45, 2.75) is 38.6 Å². The Morgan fingerprint density at radius 3 is 2.66 bits per heavy atom. The van der Waals surface area contributed by atoms with E-state index in [0.717, 1.165) is 43.0 Å². The molecular formula is C23H25ClN6O2. The number of carbonyl (C=O) groups is 2. The summed E-state index contributed by atoms with van der Waals surface area (Å²) in [6.07, 6.45) is 4.41. The van der Waals surface area contributed by atoms with E-state index in [1.165, 1.54) is 6.42 Å². The van der Waals surface area contributed by atoms with Crippen molar-refractivity contribution in [3.8, 4) is 11.4 Å². The van der Waals surface area contributed by atoms with Crippen LogP contribution >= 0.6 is 11.6 Å². The summed E-state index contributed by atoms with van der Waals surface area (Å²) in [5.41, 5.74) is 2.05. The lowest BCUT2D eigenvalue weighted by Gasteiger charge is -2.11. The standard InChI is InChI=1S/C23H25ClN6O2/c24-19-11-10-17(15-18(19)22-29-28-20-9-5-2-6-14-30(20)22)26-21(31)12-13-25-23(32)27-16-7-3-1-4-8-16/h1,3-4,7-8,10-11,15H,2,5-6,9,12-14H2,(H,26,31)(H2,25,27,32). The molecule has 3 amide bonds. The minimum atomic E-state index is -0.356. The number of anilines is 2. The summed E-state index contributed by atoms with van der Waals surface area (Å²) in [4.78, 5) is 24.3. The van der Waals surface area contributed by atoms with Crippen molar-refractivity contribution < 1.29 is 9.59 Å². The van der Waals surface area contributed by atoms with Crippen LogP contribution in [0.1, 0.15) is 31.5 Å². The van der Waals surface area contributed by atoms with E-state index in [1.807, 2.05) is 24.3 Å². The first-order valence-electron chi connectivity index (χ1n) is 10.7. The van der Waals surface area contributed by atoms with Gasteiger partial charge in [0.05, 0.1) is 5.02 Å². The van der Waals surface area contributed by atoms with Gasteiger partial charge in [-0.3, -0.25) is 4.79 Å². The number of carbonyl (C=O) groups excluding carboxylic acids is 2. The van der Waals surface area contributed by atoms with Crippen LogP contribution in [-0.2, 0) is 17.8 Å². The predicted octanol–water partition coefficient (Wildman–Crippen LogP) is 4.48. The van der Waals surface area contributed by atoms with Gasteiger partial charge in [0.15, 0.2) is 5.82 Å². The highest BCUT2D eigenvalue weighted by Gasteiger charge is 2.18. The number of amides is 3. The maximum Gasteiger partial charge on any atom is 0.319 e. The fraction of sp³-hybridized carbons (Fsp3) is 0.304. The van der Waals surface area contributed by atoms with Gasteiger partial charge in [-0.1, -0.05) is 36.2 Å². The number of para-hydroxylation sites is 1. The van der Waals surface area contributed by atoms with E-state index in [4.69, 9.17) is 11.6 Å². The second-order valence-corrected chi connectivity index (χ2v) is 8.05. The van der Waals surface area contributed by atoms with Gasteiger partial charge in [0.25, 0.3) is 0 Å². The number of nitrogens with one attached hydrogen (secondary N) is 3. The van der Waals surface area contributed by atoms with Crippen LogP contribution in [0.25, 0.3) is 11.4 Å². The normalized spacial score (nSPS) is 13.0. The largest absolute Gasteiger partial charge is 0.337 e. The summed E-state index contributed by atoms with van der Waals surface area (Å²) in [5, 5.41) is 17.5. The third-order valence-electron chi connectivity index (χ3n) is 5.27. The quantitative estimate of drug-likeness (QED) is 0.513. The molecule has 0 atom stereocenters. The highest BCUT2D eigenvalue weighted by molar-refractivity contribution is 6.33. The number of fused-ring (bicyclic) bond motifs is 1. The first-order chi connectivity index (χ1) is 15.6. The van der Waals surface area contributed by atoms with Gasteiger partial charge in [-0.25, -0.2) is 4.79 Å². The summed E-state index contributed by atoms with van der Waals surface area (Å²) in [5.74, 6) is 1.49. The number of nitrogens with zero attached hydrogens (tertiary/aromatic N) is 3. The number of urea groups is 1. The molecule has 166 valence electrons. The average Bonchev–Trinajstić information content (AvgIpc) is 3.03. The molecule has 0 fully saturated rings. The average molecular weight is 453 g/mol. The molecule has 0 radical (unpaired) electrons. The Morgan fingerprint density at radius 1 is 0.969 bits per heavy atom. The van der Waals surface area contributed by atoms with E-state index in [2.05, 4.69) is 30.7 Å². The van der Waals surface area contributed by atoms with Crippen LogP contribution in [0.15, 0.2) is 48.5 Å². The number of hydrogen-bond acceptors (Lipinski definition) is 4. The van der Waals surface area contributed by atoms with Crippen LogP contribution in [-0.4, -0.2) is 33.2 Å². The SMILES string of the molecule is O=C(CCNC(=O)Nc1ccccc1)Nc1ccc(Cl)c(-c2nnc3n2CCCCC3)c1. The van der Waals surface area contributed by atoms with Gasteiger partial charge in [0, 0.05) is 42.9 Å². The van der Waals surface area contributed by atoms with Gasteiger partial charge < -0.3 is 20.5 Å². The summed E-state index contributed by atoms with van der Waals surface area (Å²) < 4.78 is 2.12. The minimum Gasteiger partial charge on any atom is -0.337 e. The smallest absolute Gasteiger partial charge is 0.319 e. The molecule has 0 bridgehead atoms. The Kier molecular flexibility index (Phi) is 7.01. The highest BCUT2D eigenvalue weighted by atomic mass is 35.5. The van der Waals surface area contributed by atoms with Crippen molar-refractivity contribution in [3.63, 3.8) is 0 Å². The molecule has 1 aromatic heterocycles.